The average Bonchev–Trinajstić information content (AvgIpc) is 3.20. The standard InChI is InChI=1S/C16H10Br2N2O2S2/c17-11-8-13(24-14(11)18)16(22)20-10-5-3-9(4-6-10)19-15(21)12-2-1-7-23-12/h1-8H,(H,19,21)(H,20,22). The van der Waals surface area contributed by atoms with Crippen LogP contribution in [0.3, 0.4) is 0 Å². The molecule has 0 saturated carbocycles. The molecule has 3 aromatic rings. The third-order valence-corrected chi connectivity index (χ3v) is 7.14. The van der Waals surface area contributed by atoms with Gasteiger partial charge in [-0.3, -0.25) is 9.59 Å². The Hall–Kier alpha value is -1.48. The number of carbonyl (C=O) groups excluding carboxylic acids is 2. The number of amides is 2. The van der Waals surface area contributed by atoms with Crippen LogP contribution in [0, 0.1) is 0 Å². The van der Waals surface area contributed by atoms with Gasteiger partial charge in [0, 0.05) is 15.8 Å². The van der Waals surface area contributed by atoms with Crippen molar-refractivity contribution in [1.82, 2.24) is 0 Å². The number of halogens is 2. The van der Waals surface area contributed by atoms with Crippen LogP contribution >= 0.6 is 54.5 Å². The molecule has 2 N–H and O–H groups in total. The molecule has 0 spiro atoms. The molecule has 122 valence electrons. The lowest BCUT2D eigenvalue weighted by Gasteiger charge is -2.06. The fraction of sp³-hybridized carbons (Fsp3) is 0. The van der Waals surface area contributed by atoms with E-state index in [-0.39, 0.29) is 11.8 Å². The monoisotopic (exact) mass is 484 g/mol. The molecule has 24 heavy (non-hydrogen) atoms. The molecule has 0 bridgehead atoms. The SMILES string of the molecule is O=C(Nc1ccc(NC(=O)c2cc(Br)c(Br)s2)cc1)c1cccs1. The molecule has 2 aromatic heterocycles. The highest BCUT2D eigenvalue weighted by Gasteiger charge is 2.12. The van der Waals surface area contributed by atoms with Gasteiger partial charge < -0.3 is 10.6 Å². The number of carbonyl (C=O) groups is 2. The number of nitrogens with one attached hydrogen (secondary N) is 2. The van der Waals surface area contributed by atoms with Crippen molar-refractivity contribution in [3.8, 4) is 0 Å². The number of benzene rings is 1. The summed E-state index contributed by atoms with van der Waals surface area (Å²) < 4.78 is 1.73. The number of anilines is 2. The first kappa shape index (κ1) is 17.3. The molecule has 0 atom stereocenters. The first-order chi connectivity index (χ1) is 11.5. The zero-order valence-electron chi connectivity index (χ0n) is 12.0. The van der Waals surface area contributed by atoms with E-state index in [2.05, 4.69) is 42.5 Å². The third-order valence-electron chi connectivity index (χ3n) is 3.01. The Morgan fingerprint density at radius 2 is 1.46 bits per heavy atom. The Balaban J connectivity index is 1.64. The van der Waals surface area contributed by atoms with Crippen LogP contribution in [0.5, 0.6) is 0 Å². The van der Waals surface area contributed by atoms with Gasteiger partial charge in [-0.2, -0.15) is 0 Å². The van der Waals surface area contributed by atoms with Crippen molar-refractivity contribution in [3.63, 3.8) is 0 Å². The van der Waals surface area contributed by atoms with Gasteiger partial charge >= 0.3 is 0 Å². The summed E-state index contributed by atoms with van der Waals surface area (Å²) in [6, 6.07) is 12.4. The summed E-state index contributed by atoms with van der Waals surface area (Å²) in [5.41, 5.74) is 1.34. The molecular formula is C16H10Br2N2O2S2. The quantitative estimate of drug-likeness (QED) is 0.487. The van der Waals surface area contributed by atoms with E-state index < -0.39 is 0 Å². The summed E-state index contributed by atoms with van der Waals surface area (Å²) >= 11 is 9.47. The Kier molecular flexibility index (Phi) is 5.50. The average molecular weight is 486 g/mol. The highest BCUT2D eigenvalue weighted by atomic mass is 79.9. The number of hydrogen-bond donors (Lipinski definition) is 2. The predicted octanol–water partition coefficient (Wildman–Crippen LogP) is 5.84. The molecule has 4 nitrogen and oxygen atoms in total. The van der Waals surface area contributed by atoms with Gasteiger partial charge in [0.05, 0.1) is 13.5 Å². The topological polar surface area (TPSA) is 58.2 Å². The highest BCUT2D eigenvalue weighted by molar-refractivity contribution is 9.13. The minimum atomic E-state index is -0.179. The molecule has 0 fully saturated rings. The lowest BCUT2D eigenvalue weighted by atomic mass is 10.2. The van der Waals surface area contributed by atoms with Crippen molar-refractivity contribution < 1.29 is 9.59 Å². The van der Waals surface area contributed by atoms with E-state index >= 15 is 0 Å². The van der Waals surface area contributed by atoms with Gasteiger partial charge in [0.2, 0.25) is 0 Å². The second kappa shape index (κ2) is 7.60. The van der Waals surface area contributed by atoms with Crippen LogP contribution in [0.25, 0.3) is 0 Å². The molecule has 0 aliphatic heterocycles. The van der Waals surface area contributed by atoms with Crippen molar-refractivity contribution in [3.05, 3.63) is 65.9 Å². The zero-order valence-corrected chi connectivity index (χ0v) is 16.8. The molecule has 0 unspecified atom stereocenters. The van der Waals surface area contributed by atoms with Gasteiger partial charge in [0.15, 0.2) is 0 Å². The van der Waals surface area contributed by atoms with Gasteiger partial charge in [-0.15, -0.1) is 22.7 Å². The third kappa shape index (κ3) is 4.13. The van der Waals surface area contributed by atoms with Gasteiger partial charge in [-0.05, 0) is 73.6 Å². The van der Waals surface area contributed by atoms with Gasteiger partial charge in [0.25, 0.3) is 11.8 Å². The van der Waals surface area contributed by atoms with Gasteiger partial charge in [-0.1, -0.05) is 6.07 Å². The Bertz CT molecular complexity index is 855. The summed E-state index contributed by atoms with van der Waals surface area (Å²) in [5, 5.41) is 7.50. The van der Waals surface area contributed by atoms with Crippen LogP contribution < -0.4 is 10.6 Å². The molecule has 2 heterocycles. The van der Waals surface area contributed by atoms with Crippen molar-refractivity contribution in [2.45, 2.75) is 0 Å². The van der Waals surface area contributed by atoms with Crippen molar-refractivity contribution in [2.75, 3.05) is 10.6 Å². The van der Waals surface area contributed by atoms with Crippen LogP contribution in [0.15, 0.2) is 56.1 Å². The molecule has 0 aliphatic rings. The minimum absolute atomic E-state index is 0.143. The van der Waals surface area contributed by atoms with Crippen LogP contribution in [0.2, 0.25) is 0 Å². The second-order valence-electron chi connectivity index (χ2n) is 4.70. The Morgan fingerprint density at radius 3 is 1.92 bits per heavy atom. The predicted molar refractivity (Wildman–Crippen MR) is 106 cm³/mol. The van der Waals surface area contributed by atoms with Crippen LogP contribution in [-0.4, -0.2) is 11.8 Å². The first-order valence-corrected chi connectivity index (χ1v) is 10.0. The highest BCUT2D eigenvalue weighted by Crippen LogP contribution is 2.32. The smallest absolute Gasteiger partial charge is 0.265 e. The van der Waals surface area contributed by atoms with Gasteiger partial charge in [0.1, 0.15) is 0 Å². The maximum absolute atomic E-state index is 12.2. The maximum Gasteiger partial charge on any atom is 0.265 e. The van der Waals surface area contributed by atoms with Gasteiger partial charge in [-0.25, -0.2) is 0 Å². The normalized spacial score (nSPS) is 10.4. The molecular weight excluding hydrogens is 476 g/mol. The summed E-state index contributed by atoms with van der Waals surface area (Å²) in [6.45, 7) is 0. The van der Waals surface area contributed by atoms with Crippen LogP contribution in [0.4, 0.5) is 11.4 Å². The molecule has 0 saturated heterocycles. The van der Waals surface area contributed by atoms with Crippen LogP contribution in [0.1, 0.15) is 19.3 Å². The summed E-state index contributed by atoms with van der Waals surface area (Å²) in [7, 11) is 0. The van der Waals surface area contributed by atoms with Crippen molar-refractivity contribution in [1.29, 1.82) is 0 Å². The molecule has 0 radical (unpaired) electrons. The molecule has 1 aromatic carbocycles. The molecule has 8 heteroatoms. The van der Waals surface area contributed by atoms with E-state index in [4.69, 9.17) is 0 Å². The number of hydrogen-bond acceptors (Lipinski definition) is 4. The first-order valence-electron chi connectivity index (χ1n) is 6.74. The second-order valence-corrected chi connectivity index (χ2v) is 8.87. The van der Waals surface area contributed by atoms with E-state index in [0.29, 0.717) is 21.1 Å². The maximum atomic E-state index is 12.2. The summed E-state index contributed by atoms with van der Waals surface area (Å²) in [5.74, 6) is -0.322. The lowest BCUT2D eigenvalue weighted by molar-refractivity contribution is 0.102. The van der Waals surface area contributed by atoms with Crippen molar-refractivity contribution in [2.24, 2.45) is 0 Å². The largest absolute Gasteiger partial charge is 0.321 e. The van der Waals surface area contributed by atoms with Crippen LogP contribution in [-0.2, 0) is 0 Å². The van der Waals surface area contributed by atoms with E-state index in [0.717, 1.165) is 8.26 Å². The molecule has 3 rings (SSSR count). The number of rotatable bonds is 4. The fourth-order valence-electron chi connectivity index (χ4n) is 1.89. The Labute approximate surface area is 163 Å². The van der Waals surface area contributed by atoms with Crippen molar-refractivity contribution >= 4 is 77.7 Å². The lowest BCUT2D eigenvalue weighted by Crippen LogP contribution is -2.11. The Morgan fingerprint density at radius 1 is 0.875 bits per heavy atom. The van der Waals surface area contributed by atoms with E-state index in [9.17, 15) is 9.59 Å². The summed E-state index contributed by atoms with van der Waals surface area (Å²) in [6.07, 6.45) is 0. The van der Waals surface area contributed by atoms with E-state index in [1.807, 2.05) is 11.4 Å². The van der Waals surface area contributed by atoms with E-state index in [1.54, 1.807) is 36.4 Å². The fourth-order valence-corrected chi connectivity index (χ4v) is 4.44. The minimum Gasteiger partial charge on any atom is -0.321 e. The molecule has 2 amide bonds. The molecule has 0 aliphatic carbocycles. The van der Waals surface area contributed by atoms with E-state index in [1.165, 1.54) is 22.7 Å². The number of thiophene rings is 2. The zero-order chi connectivity index (χ0) is 17.1. The summed E-state index contributed by atoms with van der Waals surface area (Å²) in [4.78, 5) is 25.4.